The molecule has 4 nitrogen and oxygen atoms in total. The van der Waals surface area contributed by atoms with Crippen LogP contribution in [0.1, 0.15) is 38.2 Å². The minimum absolute atomic E-state index is 0.115. The molecule has 0 aliphatic carbocycles. The minimum atomic E-state index is -0.115. The highest BCUT2D eigenvalue weighted by Crippen LogP contribution is 2.18. The van der Waals surface area contributed by atoms with Crippen LogP contribution in [-0.4, -0.2) is 26.2 Å². The SMILES string of the molecule is CCOC(=O)CCCCCN(C)c1ccccc1C#N. The monoisotopic (exact) mass is 274 g/mol. The summed E-state index contributed by atoms with van der Waals surface area (Å²) in [4.78, 5) is 13.3. The first kappa shape index (κ1) is 16.0. The molecule has 0 spiro atoms. The van der Waals surface area contributed by atoms with Crippen molar-refractivity contribution in [3.05, 3.63) is 29.8 Å². The van der Waals surface area contributed by atoms with Crippen molar-refractivity contribution in [2.45, 2.75) is 32.6 Å². The number of anilines is 1. The van der Waals surface area contributed by atoms with Gasteiger partial charge in [0, 0.05) is 20.0 Å². The van der Waals surface area contributed by atoms with E-state index in [0.717, 1.165) is 31.5 Å². The molecule has 1 rings (SSSR count). The quantitative estimate of drug-likeness (QED) is 0.540. The maximum Gasteiger partial charge on any atom is 0.305 e. The zero-order chi connectivity index (χ0) is 14.8. The molecule has 20 heavy (non-hydrogen) atoms. The van der Waals surface area contributed by atoms with E-state index >= 15 is 0 Å². The second-order valence-corrected chi connectivity index (χ2v) is 4.67. The van der Waals surface area contributed by atoms with Crippen molar-refractivity contribution in [3.63, 3.8) is 0 Å². The maximum atomic E-state index is 11.2. The van der Waals surface area contributed by atoms with Crippen molar-refractivity contribution < 1.29 is 9.53 Å². The number of carbonyl (C=O) groups is 1. The Morgan fingerprint density at radius 2 is 2.05 bits per heavy atom. The third kappa shape index (κ3) is 5.31. The van der Waals surface area contributed by atoms with Gasteiger partial charge in [-0.2, -0.15) is 5.26 Å². The molecule has 0 aliphatic rings. The molecule has 1 aromatic rings. The molecule has 108 valence electrons. The molecule has 4 heteroatoms. The van der Waals surface area contributed by atoms with E-state index in [1.54, 1.807) is 0 Å². The molecule has 0 fully saturated rings. The topological polar surface area (TPSA) is 53.3 Å². The van der Waals surface area contributed by atoms with E-state index in [-0.39, 0.29) is 5.97 Å². The molecule has 0 unspecified atom stereocenters. The summed E-state index contributed by atoms with van der Waals surface area (Å²) in [5.74, 6) is -0.115. The van der Waals surface area contributed by atoms with Crippen molar-refractivity contribution in [2.75, 3.05) is 25.1 Å². The van der Waals surface area contributed by atoms with Crippen LogP contribution in [0.3, 0.4) is 0 Å². The van der Waals surface area contributed by atoms with Gasteiger partial charge in [-0.1, -0.05) is 18.6 Å². The highest BCUT2D eigenvalue weighted by Gasteiger charge is 2.06. The third-order valence-corrected chi connectivity index (χ3v) is 3.12. The Morgan fingerprint density at radius 1 is 1.30 bits per heavy atom. The zero-order valence-corrected chi connectivity index (χ0v) is 12.3. The molecule has 0 bridgehead atoms. The van der Waals surface area contributed by atoms with Crippen molar-refractivity contribution in [1.82, 2.24) is 0 Å². The lowest BCUT2D eigenvalue weighted by Gasteiger charge is -2.20. The van der Waals surface area contributed by atoms with Gasteiger partial charge in [0.25, 0.3) is 0 Å². The predicted octanol–water partition coefficient (Wildman–Crippen LogP) is 3.12. The third-order valence-electron chi connectivity index (χ3n) is 3.12. The molecule has 0 aromatic heterocycles. The summed E-state index contributed by atoms with van der Waals surface area (Å²) in [6, 6.07) is 9.79. The van der Waals surface area contributed by atoms with Gasteiger partial charge in [-0.15, -0.1) is 0 Å². The van der Waals surface area contributed by atoms with E-state index in [0.29, 0.717) is 18.6 Å². The highest BCUT2D eigenvalue weighted by molar-refractivity contribution is 5.69. The van der Waals surface area contributed by atoms with Gasteiger partial charge in [0.15, 0.2) is 0 Å². The van der Waals surface area contributed by atoms with Crippen LogP contribution in [0.25, 0.3) is 0 Å². The normalized spacial score (nSPS) is 9.85. The summed E-state index contributed by atoms with van der Waals surface area (Å²) in [5.41, 5.74) is 1.65. The fourth-order valence-corrected chi connectivity index (χ4v) is 2.05. The van der Waals surface area contributed by atoms with Crippen LogP contribution in [0, 0.1) is 11.3 Å². The number of hydrogen-bond acceptors (Lipinski definition) is 4. The number of ether oxygens (including phenoxy) is 1. The average Bonchev–Trinajstić information content (AvgIpc) is 2.47. The van der Waals surface area contributed by atoms with Crippen LogP contribution in [0.2, 0.25) is 0 Å². The predicted molar refractivity (Wildman–Crippen MR) is 79.5 cm³/mol. The first-order valence-electron chi connectivity index (χ1n) is 7.05. The Morgan fingerprint density at radius 3 is 2.75 bits per heavy atom. The molecule has 0 radical (unpaired) electrons. The van der Waals surface area contributed by atoms with Crippen molar-refractivity contribution in [2.24, 2.45) is 0 Å². The lowest BCUT2D eigenvalue weighted by atomic mass is 10.1. The lowest BCUT2D eigenvalue weighted by Crippen LogP contribution is -2.19. The van der Waals surface area contributed by atoms with Gasteiger partial charge in [0.1, 0.15) is 6.07 Å². The van der Waals surface area contributed by atoms with Gasteiger partial charge in [0.05, 0.1) is 17.9 Å². The van der Waals surface area contributed by atoms with E-state index in [2.05, 4.69) is 11.0 Å². The molecule has 0 saturated heterocycles. The molecule has 0 amide bonds. The number of benzene rings is 1. The summed E-state index contributed by atoms with van der Waals surface area (Å²) in [5, 5.41) is 9.06. The van der Waals surface area contributed by atoms with Crippen LogP contribution < -0.4 is 4.90 Å². The smallest absolute Gasteiger partial charge is 0.305 e. The summed E-state index contributed by atoms with van der Waals surface area (Å²) in [7, 11) is 1.99. The summed E-state index contributed by atoms with van der Waals surface area (Å²) >= 11 is 0. The van der Waals surface area contributed by atoms with Crippen LogP contribution in [0.15, 0.2) is 24.3 Å². The van der Waals surface area contributed by atoms with Crippen LogP contribution in [0.5, 0.6) is 0 Å². The summed E-state index contributed by atoms with van der Waals surface area (Å²) < 4.78 is 4.88. The first-order chi connectivity index (χ1) is 9.69. The van der Waals surface area contributed by atoms with Crippen molar-refractivity contribution in [3.8, 4) is 6.07 Å². The molecule has 0 heterocycles. The van der Waals surface area contributed by atoms with E-state index in [1.165, 1.54) is 0 Å². The zero-order valence-electron chi connectivity index (χ0n) is 12.3. The standard InChI is InChI=1S/C16H22N2O2/c1-3-20-16(19)11-5-4-8-12-18(2)15-10-7-6-9-14(15)13-17/h6-7,9-10H,3-5,8,11-12H2,1-2H3. The van der Waals surface area contributed by atoms with E-state index in [4.69, 9.17) is 10.00 Å². The number of rotatable bonds is 8. The first-order valence-corrected chi connectivity index (χ1v) is 7.05. The molecule has 0 saturated carbocycles. The molecular formula is C16H22N2O2. The molecule has 0 aliphatic heterocycles. The fourth-order valence-electron chi connectivity index (χ4n) is 2.05. The number of para-hydroxylation sites is 1. The second kappa shape index (κ2) is 8.98. The van der Waals surface area contributed by atoms with Gasteiger partial charge < -0.3 is 9.64 Å². The number of hydrogen-bond donors (Lipinski definition) is 0. The lowest BCUT2D eigenvalue weighted by molar-refractivity contribution is -0.143. The molecule has 0 N–H and O–H groups in total. The van der Waals surface area contributed by atoms with Gasteiger partial charge in [-0.3, -0.25) is 4.79 Å². The minimum Gasteiger partial charge on any atom is -0.466 e. The largest absolute Gasteiger partial charge is 0.466 e. The van der Waals surface area contributed by atoms with E-state index in [9.17, 15) is 4.79 Å². The highest BCUT2D eigenvalue weighted by atomic mass is 16.5. The second-order valence-electron chi connectivity index (χ2n) is 4.67. The Kier molecular flexibility index (Phi) is 7.20. The van der Waals surface area contributed by atoms with Crippen molar-refractivity contribution in [1.29, 1.82) is 5.26 Å². The Bertz CT molecular complexity index is 466. The number of esters is 1. The molecule has 0 atom stereocenters. The maximum absolute atomic E-state index is 11.2. The van der Waals surface area contributed by atoms with Gasteiger partial charge in [0.2, 0.25) is 0 Å². The number of unbranched alkanes of at least 4 members (excludes halogenated alkanes) is 2. The molecule has 1 aromatic carbocycles. The molecular weight excluding hydrogens is 252 g/mol. The van der Waals surface area contributed by atoms with E-state index in [1.807, 2.05) is 38.2 Å². The van der Waals surface area contributed by atoms with Crippen molar-refractivity contribution >= 4 is 11.7 Å². The number of nitriles is 1. The van der Waals surface area contributed by atoms with Gasteiger partial charge >= 0.3 is 5.97 Å². The summed E-state index contributed by atoms with van der Waals surface area (Å²) in [6.45, 7) is 3.15. The number of carbonyl (C=O) groups excluding carboxylic acids is 1. The summed E-state index contributed by atoms with van der Waals surface area (Å²) in [6.07, 6.45) is 3.33. The van der Waals surface area contributed by atoms with Gasteiger partial charge in [-0.05, 0) is 31.9 Å². The average molecular weight is 274 g/mol. The Labute approximate surface area is 121 Å². The number of nitrogens with zero attached hydrogens (tertiary/aromatic N) is 2. The fraction of sp³-hybridized carbons (Fsp3) is 0.500. The van der Waals surface area contributed by atoms with Gasteiger partial charge in [-0.25, -0.2) is 0 Å². The Hall–Kier alpha value is -2.02. The van der Waals surface area contributed by atoms with Crippen LogP contribution >= 0.6 is 0 Å². The Balaban J connectivity index is 2.28. The van der Waals surface area contributed by atoms with Crippen LogP contribution in [0.4, 0.5) is 5.69 Å². The van der Waals surface area contributed by atoms with Crippen LogP contribution in [-0.2, 0) is 9.53 Å². The van der Waals surface area contributed by atoms with E-state index < -0.39 is 0 Å².